The van der Waals surface area contributed by atoms with Crippen LogP contribution in [0.15, 0.2) is 29.3 Å². The summed E-state index contributed by atoms with van der Waals surface area (Å²) in [7, 11) is 2.03. The molecule has 1 atom stereocenters. The monoisotopic (exact) mass is 503 g/mol. The summed E-state index contributed by atoms with van der Waals surface area (Å²) in [5.41, 5.74) is 6.50. The number of hydrogen-bond donors (Lipinski definition) is 3. The lowest BCUT2D eigenvalue weighted by Gasteiger charge is -2.24. The van der Waals surface area contributed by atoms with Crippen LogP contribution < -0.4 is 16.4 Å². The molecule has 0 spiro atoms. The van der Waals surface area contributed by atoms with Crippen molar-refractivity contribution in [3.8, 4) is 0 Å². The van der Waals surface area contributed by atoms with Crippen LogP contribution in [0.1, 0.15) is 29.3 Å². The first-order valence-corrected chi connectivity index (χ1v) is 9.22. The van der Waals surface area contributed by atoms with Crippen LogP contribution in [0.4, 0.5) is 0 Å². The van der Waals surface area contributed by atoms with E-state index >= 15 is 0 Å². The number of carbonyl (C=O) groups is 2. The van der Waals surface area contributed by atoms with E-state index in [4.69, 9.17) is 10.5 Å². The number of nitrogens with one attached hydrogen (secondary N) is 2. The molecule has 1 unspecified atom stereocenters. The number of benzene rings is 1. The Hall–Kier alpha value is -1.88. The molecule has 0 aromatic heterocycles. The minimum atomic E-state index is -0.571. The molecule has 1 aromatic rings. The first-order valence-electron chi connectivity index (χ1n) is 9.22. The molecule has 0 radical (unpaired) electrons. The lowest BCUT2D eigenvalue weighted by atomic mass is 10.1. The first-order chi connectivity index (χ1) is 13.0. The SMILES string of the molecule is CCNC(=NCc1ccc(C(=O)NCC(N)=O)cc1)N(C)CC1CCOC1.I. The fraction of sp³-hybridized carbons (Fsp3) is 0.526. The minimum absolute atomic E-state index is 0. The maximum absolute atomic E-state index is 11.9. The van der Waals surface area contributed by atoms with Crippen molar-refractivity contribution in [3.63, 3.8) is 0 Å². The van der Waals surface area contributed by atoms with E-state index in [0.29, 0.717) is 18.0 Å². The van der Waals surface area contributed by atoms with Gasteiger partial charge in [0, 0.05) is 38.2 Å². The average molecular weight is 503 g/mol. The van der Waals surface area contributed by atoms with E-state index in [1.54, 1.807) is 12.1 Å². The Kier molecular flexibility index (Phi) is 10.8. The Balaban J connectivity index is 0.00000392. The molecule has 1 aliphatic rings. The molecule has 0 bridgehead atoms. The van der Waals surface area contributed by atoms with Gasteiger partial charge in [0.15, 0.2) is 5.96 Å². The highest BCUT2D eigenvalue weighted by molar-refractivity contribution is 14.0. The summed E-state index contributed by atoms with van der Waals surface area (Å²) >= 11 is 0. The van der Waals surface area contributed by atoms with Crippen molar-refractivity contribution in [1.29, 1.82) is 0 Å². The minimum Gasteiger partial charge on any atom is -0.381 e. The quantitative estimate of drug-likeness (QED) is 0.278. The Labute approximate surface area is 183 Å². The summed E-state index contributed by atoms with van der Waals surface area (Å²) < 4.78 is 5.44. The number of nitrogens with zero attached hydrogens (tertiary/aromatic N) is 2. The Morgan fingerprint density at radius 1 is 1.29 bits per heavy atom. The molecule has 2 amide bonds. The fourth-order valence-electron chi connectivity index (χ4n) is 2.87. The van der Waals surface area contributed by atoms with Gasteiger partial charge in [-0.25, -0.2) is 4.99 Å². The zero-order chi connectivity index (χ0) is 19.6. The van der Waals surface area contributed by atoms with Gasteiger partial charge in [-0.2, -0.15) is 0 Å². The summed E-state index contributed by atoms with van der Waals surface area (Å²) in [5.74, 6) is 0.499. The van der Waals surface area contributed by atoms with E-state index in [1.807, 2.05) is 26.1 Å². The van der Waals surface area contributed by atoms with Gasteiger partial charge in [0.2, 0.25) is 5.91 Å². The smallest absolute Gasteiger partial charge is 0.251 e. The molecule has 8 nitrogen and oxygen atoms in total. The lowest BCUT2D eigenvalue weighted by Crippen LogP contribution is -2.41. The van der Waals surface area contributed by atoms with E-state index in [9.17, 15) is 9.59 Å². The number of amides is 2. The molecule has 4 N–H and O–H groups in total. The maximum atomic E-state index is 11.9. The summed E-state index contributed by atoms with van der Waals surface area (Å²) in [6.07, 6.45) is 1.09. The largest absolute Gasteiger partial charge is 0.381 e. The molecule has 0 saturated carbocycles. The molecule has 0 aliphatic carbocycles. The zero-order valence-corrected chi connectivity index (χ0v) is 18.8. The molecular weight excluding hydrogens is 473 g/mol. The van der Waals surface area contributed by atoms with Gasteiger partial charge in [-0.1, -0.05) is 12.1 Å². The Bertz CT molecular complexity index is 660. The Morgan fingerprint density at radius 3 is 2.57 bits per heavy atom. The molecule has 1 fully saturated rings. The van der Waals surface area contributed by atoms with Crippen LogP contribution in [0.25, 0.3) is 0 Å². The van der Waals surface area contributed by atoms with Gasteiger partial charge in [0.25, 0.3) is 5.91 Å². The highest BCUT2D eigenvalue weighted by Crippen LogP contribution is 2.13. The molecule has 156 valence electrons. The van der Waals surface area contributed by atoms with Gasteiger partial charge in [0.05, 0.1) is 19.7 Å². The number of rotatable bonds is 8. The van der Waals surface area contributed by atoms with Gasteiger partial charge in [-0.05, 0) is 31.0 Å². The number of guanidine groups is 1. The lowest BCUT2D eigenvalue weighted by molar-refractivity contribution is -0.117. The number of aliphatic imine (C=N–C) groups is 1. The van der Waals surface area contributed by atoms with E-state index in [0.717, 1.165) is 44.2 Å². The predicted octanol–water partition coefficient (Wildman–Crippen LogP) is 0.954. The van der Waals surface area contributed by atoms with Crippen molar-refractivity contribution < 1.29 is 14.3 Å². The molecule has 9 heteroatoms. The Morgan fingerprint density at radius 2 is 2.00 bits per heavy atom. The molecule has 1 aromatic carbocycles. The third-order valence-corrected chi connectivity index (χ3v) is 4.30. The van der Waals surface area contributed by atoms with Crippen molar-refractivity contribution in [2.75, 3.05) is 39.9 Å². The van der Waals surface area contributed by atoms with E-state index in [1.165, 1.54) is 0 Å². The topological polar surface area (TPSA) is 109 Å². The van der Waals surface area contributed by atoms with Gasteiger partial charge in [-0.3, -0.25) is 9.59 Å². The number of hydrogen-bond acceptors (Lipinski definition) is 4. The predicted molar refractivity (Wildman–Crippen MR) is 120 cm³/mol. The number of carbonyl (C=O) groups excluding carboxylic acids is 2. The third-order valence-electron chi connectivity index (χ3n) is 4.30. The van der Waals surface area contributed by atoms with Crippen LogP contribution >= 0.6 is 24.0 Å². The number of nitrogens with two attached hydrogens (primary N) is 1. The average Bonchev–Trinajstić information content (AvgIpc) is 3.16. The van der Waals surface area contributed by atoms with Gasteiger partial charge < -0.3 is 26.0 Å². The van der Waals surface area contributed by atoms with Gasteiger partial charge in [-0.15, -0.1) is 24.0 Å². The van der Waals surface area contributed by atoms with Crippen LogP contribution in [0.2, 0.25) is 0 Å². The standard InChI is InChI=1S/C19H29N5O3.HI/c1-3-21-19(24(2)12-15-8-9-27-13-15)23-10-14-4-6-16(7-5-14)18(26)22-11-17(20)25;/h4-7,15H,3,8-13H2,1-2H3,(H2,20,25)(H,21,23)(H,22,26);1H. The third kappa shape index (κ3) is 8.01. The highest BCUT2D eigenvalue weighted by atomic mass is 127. The van der Waals surface area contributed by atoms with Gasteiger partial charge >= 0.3 is 0 Å². The number of ether oxygens (including phenoxy) is 1. The van der Waals surface area contributed by atoms with Crippen molar-refractivity contribution in [2.24, 2.45) is 16.6 Å². The molecule has 1 heterocycles. The summed E-state index contributed by atoms with van der Waals surface area (Å²) in [6.45, 7) is 5.73. The van der Waals surface area contributed by atoms with Crippen LogP contribution in [-0.2, 0) is 16.1 Å². The van der Waals surface area contributed by atoms with E-state index < -0.39 is 5.91 Å². The molecular formula is C19H30IN5O3. The molecule has 1 aliphatic heterocycles. The normalized spacial score (nSPS) is 16.2. The van der Waals surface area contributed by atoms with Crippen LogP contribution in [-0.4, -0.2) is 62.6 Å². The van der Waals surface area contributed by atoms with Crippen molar-refractivity contribution in [3.05, 3.63) is 35.4 Å². The molecule has 2 rings (SSSR count). The maximum Gasteiger partial charge on any atom is 0.251 e. The fourth-order valence-corrected chi connectivity index (χ4v) is 2.87. The second-order valence-electron chi connectivity index (χ2n) is 6.63. The van der Waals surface area contributed by atoms with E-state index in [2.05, 4.69) is 20.5 Å². The highest BCUT2D eigenvalue weighted by Gasteiger charge is 2.19. The summed E-state index contributed by atoms with van der Waals surface area (Å²) in [6, 6.07) is 7.15. The van der Waals surface area contributed by atoms with Crippen LogP contribution in [0, 0.1) is 5.92 Å². The number of primary amides is 1. The number of halogens is 1. The van der Waals surface area contributed by atoms with Crippen molar-refractivity contribution >= 4 is 41.8 Å². The second-order valence-corrected chi connectivity index (χ2v) is 6.63. The second kappa shape index (κ2) is 12.6. The van der Waals surface area contributed by atoms with Gasteiger partial charge in [0.1, 0.15) is 0 Å². The molecule has 1 saturated heterocycles. The zero-order valence-electron chi connectivity index (χ0n) is 16.4. The van der Waals surface area contributed by atoms with Crippen molar-refractivity contribution in [1.82, 2.24) is 15.5 Å². The van der Waals surface area contributed by atoms with Crippen LogP contribution in [0.3, 0.4) is 0 Å². The van der Waals surface area contributed by atoms with Crippen molar-refractivity contribution in [2.45, 2.75) is 19.9 Å². The van der Waals surface area contributed by atoms with E-state index in [-0.39, 0.29) is 36.4 Å². The summed E-state index contributed by atoms with van der Waals surface area (Å²) in [5, 5.41) is 5.78. The molecule has 28 heavy (non-hydrogen) atoms. The first kappa shape index (κ1) is 24.2. The summed E-state index contributed by atoms with van der Waals surface area (Å²) in [4.78, 5) is 29.4. The van der Waals surface area contributed by atoms with Crippen LogP contribution in [0.5, 0.6) is 0 Å².